The standard InChI is InChI=1S/C56H92O6/c1-4-7-10-13-16-19-22-25-28-31-34-37-40-43-46-49-55(58)61-52-53(51-60-54(57)48-45-42-39-36-33-30-27-24-21-18-15-12-9-6-3)62-56(59)50-47-44-41-38-35-32-29-26-23-20-17-14-11-8-5-2/h7,10,16-17,19-20,24-29,34,37,43,46,53H,4-6,8-9,11-15,18,21-23,30-33,35-36,38-42,44-45,47-52H2,1-3H3/b10-7-,19-16-,20-17-,27-24-,28-25-,29-26-,37-34-,46-43-. The largest absolute Gasteiger partial charge is 0.462 e. The molecule has 0 bridgehead atoms. The molecular weight excluding hydrogens is 769 g/mol. The summed E-state index contributed by atoms with van der Waals surface area (Å²) in [5, 5.41) is 0. The molecule has 0 aliphatic heterocycles. The Bertz CT molecular complexity index is 1260. The number of rotatable bonds is 44. The summed E-state index contributed by atoms with van der Waals surface area (Å²) in [6.45, 7) is 6.37. The predicted octanol–water partition coefficient (Wildman–Crippen LogP) is 16.6. The van der Waals surface area contributed by atoms with E-state index in [9.17, 15) is 14.4 Å². The van der Waals surface area contributed by atoms with Crippen LogP contribution in [0.25, 0.3) is 0 Å². The van der Waals surface area contributed by atoms with Crippen LogP contribution in [0.15, 0.2) is 97.2 Å². The predicted molar refractivity (Wildman–Crippen MR) is 265 cm³/mol. The topological polar surface area (TPSA) is 78.9 Å². The lowest BCUT2D eigenvalue weighted by Gasteiger charge is -2.18. The number of unbranched alkanes of at least 4 members (excludes halogenated alkanes) is 18. The van der Waals surface area contributed by atoms with E-state index in [0.29, 0.717) is 6.42 Å². The van der Waals surface area contributed by atoms with Crippen LogP contribution in [0.4, 0.5) is 0 Å². The summed E-state index contributed by atoms with van der Waals surface area (Å²) in [7, 11) is 0. The zero-order valence-electron chi connectivity index (χ0n) is 40.1. The van der Waals surface area contributed by atoms with Crippen LogP contribution in [0, 0.1) is 0 Å². The Labute approximate surface area is 381 Å². The number of ether oxygens (including phenoxy) is 3. The van der Waals surface area contributed by atoms with Gasteiger partial charge in [-0.3, -0.25) is 14.4 Å². The number of allylic oxidation sites excluding steroid dienone is 15. The van der Waals surface area contributed by atoms with Gasteiger partial charge >= 0.3 is 17.9 Å². The Kier molecular flexibility index (Phi) is 47.0. The van der Waals surface area contributed by atoms with Gasteiger partial charge in [0, 0.05) is 12.8 Å². The molecular formula is C56H92O6. The minimum atomic E-state index is -0.828. The van der Waals surface area contributed by atoms with Crippen LogP contribution in [-0.2, 0) is 28.6 Å². The van der Waals surface area contributed by atoms with Crippen molar-refractivity contribution < 1.29 is 28.6 Å². The number of hydrogen-bond acceptors (Lipinski definition) is 6. The summed E-state index contributed by atoms with van der Waals surface area (Å²) in [5.74, 6) is -1.08. The van der Waals surface area contributed by atoms with E-state index in [1.807, 2.05) is 6.08 Å². The van der Waals surface area contributed by atoms with Gasteiger partial charge in [-0.15, -0.1) is 0 Å². The van der Waals surface area contributed by atoms with E-state index in [1.54, 1.807) is 6.08 Å². The Morgan fingerprint density at radius 1 is 0.355 bits per heavy atom. The van der Waals surface area contributed by atoms with Crippen molar-refractivity contribution in [3.63, 3.8) is 0 Å². The van der Waals surface area contributed by atoms with Crippen LogP contribution in [0.3, 0.4) is 0 Å². The molecule has 352 valence electrons. The van der Waals surface area contributed by atoms with E-state index < -0.39 is 12.1 Å². The number of hydrogen-bond donors (Lipinski definition) is 0. The molecule has 1 atom stereocenters. The van der Waals surface area contributed by atoms with Crippen molar-refractivity contribution in [2.75, 3.05) is 13.2 Å². The van der Waals surface area contributed by atoms with Gasteiger partial charge in [0.05, 0.1) is 6.42 Å². The number of carbonyl (C=O) groups is 3. The monoisotopic (exact) mass is 861 g/mol. The fourth-order valence-electron chi connectivity index (χ4n) is 6.54. The number of carbonyl (C=O) groups excluding carboxylic acids is 3. The van der Waals surface area contributed by atoms with Crippen molar-refractivity contribution in [3.8, 4) is 0 Å². The normalized spacial score (nSPS) is 12.9. The lowest BCUT2D eigenvalue weighted by molar-refractivity contribution is -0.166. The second-order valence-electron chi connectivity index (χ2n) is 16.4. The molecule has 0 radical (unpaired) electrons. The first-order valence-corrected chi connectivity index (χ1v) is 25.2. The summed E-state index contributed by atoms with van der Waals surface area (Å²) in [4.78, 5) is 37.9. The molecule has 0 aromatic carbocycles. The SMILES string of the molecule is CC/C=C\C/C=C\C/C=C\C/C=C\C/C=C\CC(=O)OCC(COC(=O)CCCCCCC/C=C\CCCCCCC)OC(=O)CCCCCCC/C=C\C/C=C\CCCCC. The lowest BCUT2D eigenvalue weighted by Crippen LogP contribution is -2.30. The lowest BCUT2D eigenvalue weighted by atomic mass is 10.1. The Hall–Kier alpha value is -3.67. The first-order valence-electron chi connectivity index (χ1n) is 25.2. The minimum absolute atomic E-state index is 0.118. The maximum absolute atomic E-state index is 12.8. The van der Waals surface area contributed by atoms with Crippen molar-refractivity contribution in [1.29, 1.82) is 0 Å². The van der Waals surface area contributed by atoms with Gasteiger partial charge < -0.3 is 14.2 Å². The third-order valence-electron chi connectivity index (χ3n) is 10.3. The van der Waals surface area contributed by atoms with Crippen molar-refractivity contribution in [3.05, 3.63) is 97.2 Å². The molecule has 0 fully saturated rings. The highest BCUT2D eigenvalue weighted by Crippen LogP contribution is 2.12. The van der Waals surface area contributed by atoms with Gasteiger partial charge in [-0.1, -0.05) is 195 Å². The summed E-state index contributed by atoms with van der Waals surface area (Å²) >= 11 is 0. The van der Waals surface area contributed by atoms with Gasteiger partial charge in [0.1, 0.15) is 13.2 Å². The van der Waals surface area contributed by atoms with Gasteiger partial charge in [0.2, 0.25) is 0 Å². The fourth-order valence-corrected chi connectivity index (χ4v) is 6.54. The van der Waals surface area contributed by atoms with Gasteiger partial charge in [-0.25, -0.2) is 0 Å². The van der Waals surface area contributed by atoms with Crippen molar-refractivity contribution >= 4 is 17.9 Å². The van der Waals surface area contributed by atoms with Crippen molar-refractivity contribution in [2.45, 2.75) is 226 Å². The van der Waals surface area contributed by atoms with E-state index in [-0.39, 0.29) is 38.0 Å². The average molecular weight is 861 g/mol. The summed E-state index contributed by atoms with van der Waals surface area (Å²) < 4.78 is 16.7. The number of esters is 3. The molecule has 0 heterocycles. The molecule has 0 aliphatic carbocycles. The zero-order valence-corrected chi connectivity index (χ0v) is 40.1. The molecule has 0 N–H and O–H groups in total. The summed E-state index contributed by atoms with van der Waals surface area (Å²) in [6, 6.07) is 0. The molecule has 6 nitrogen and oxygen atoms in total. The molecule has 1 unspecified atom stereocenters. The average Bonchev–Trinajstić information content (AvgIpc) is 3.27. The molecule has 62 heavy (non-hydrogen) atoms. The molecule has 0 saturated heterocycles. The van der Waals surface area contributed by atoms with Crippen molar-refractivity contribution in [1.82, 2.24) is 0 Å². The maximum Gasteiger partial charge on any atom is 0.309 e. The molecule has 0 aromatic rings. The molecule has 0 aromatic heterocycles. The van der Waals surface area contributed by atoms with Crippen LogP contribution >= 0.6 is 0 Å². The van der Waals surface area contributed by atoms with Gasteiger partial charge in [0.15, 0.2) is 6.10 Å². The summed E-state index contributed by atoms with van der Waals surface area (Å²) in [6.07, 6.45) is 65.5. The van der Waals surface area contributed by atoms with Crippen molar-refractivity contribution in [2.24, 2.45) is 0 Å². The van der Waals surface area contributed by atoms with E-state index in [0.717, 1.165) is 109 Å². The smallest absolute Gasteiger partial charge is 0.309 e. The van der Waals surface area contributed by atoms with E-state index >= 15 is 0 Å². The van der Waals surface area contributed by atoms with E-state index in [4.69, 9.17) is 14.2 Å². The maximum atomic E-state index is 12.8. The van der Waals surface area contributed by atoms with E-state index in [1.165, 1.54) is 70.6 Å². The van der Waals surface area contributed by atoms with Crippen LogP contribution in [0.2, 0.25) is 0 Å². The molecule has 6 heteroatoms. The Balaban J connectivity index is 4.56. The summed E-state index contributed by atoms with van der Waals surface area (Å²) in [5.41, 5.74) is 0. The van der Waals surface area contributed by atoms with Gasteiger partial charge in [-0.2, -0.15) is 0 Å². The highest BCUT2D eigenvalue weighted by Gasteiger charge is 2.19. The molecule has 0 amide bonds. The van der Waals surface area contributed by atoms with Gasteiger partial charge in [-0.05, 0) is 103 Å². The Morgan fingerprint density at radius 2 is 0.694 bits per heavy atom. The van der Waals surface area contributed by atoms with Crippen LogP contribution in [0.1, 0.15) is 220 Å². The first kappa shape index (κ1) is 58.3. The van der Waals surface area contributed by atoms with Gasteiger partial charge in [0.25, 0.3) is 0 Å². The van der Waals surface area contributed by atoms with Crippen LogP contribution < -0.4 is 0 Å². The Morgan fingerprint density at radius 3 is 1.18 bits per heavy atom. The highest BCUT2D eigenvalue weighted by atomic mass is 16.6. The molecule has 0 aliphatic rings. The van der Waals surface area contributed by atoms with E-state index in [2.05, 4.69) is 106 Å². The second kappa shape index (κ2) is 50.0. The third-order valence-corrected chi connectivity index (χ3v) is 10.3. The molecule has 0 spiro atoms. The third kappa shape index (κ3) is 47.4. The molecule has 0 saturated carbocycles. The quantitative estimate of drug-likeness (QED) is 0.0263. The molecule has 0 rings (SSSR count). The zero-order chi connectivity index (χ0) is 45.1. The first-order chi connectivity index (χ1) is 30.5. The van der Waals surface area contributed by atoms with Crippen LogP contribution in [-0.4, -0.2) is 37.2 Å². The highest BCUT2D eigenvalue weighted by molar-refractivity contribution is 5.72. The second-order valence-corrected chi connectivity index (χ2v) is 16.4. The van der Waals surface area contributed by atoms with Crippen LogP contribution in [0.5, 0.6) is 0 Å². The minimum Gasteiger partial charge on any atom is -0.462 e. The fraction of sp³-hybridized carbons (Fsp3) is 0.661.